The first-order chi connectivity index (χ1) is 8.09. The number of halogens is 3. The molecule has 1 aromatic rings. The van der Waals surface area contributed by atoms with Gasteiger partial charge in [0.25, 0.3) is 0 Å². The van der Waals surface area contributed by atoms with Gasteiger partial charge in [-0.1, -0.05) is 0 Å². The second-order valence-corrected chi connectivity index (χ2v) is 5.21. The second kappa shape index (κ2) is 5.42. The van der Waals surface area contributed by atoms with E-state index >= 15 is 0 Å². The van der Waals surface area contributed by atoms with Gasteiger partial charge in [-0.2, -0.15) is 0 Å². The Balaban J connectivity index is 1.91. The lowest BCUT2D eigenvalue weighted by atomic mass is 10.2. The lowest BCUT2D eigenvalue weighted by Gasteiger charge is -2.12. The largest absolute Gasteiger partial charge is 0.392 e. The summed E-state index contributed by atoms with van der Waals surface area (Å²) in [6, 6.07) is 2.56. The van der Waals surface area contributed by atoms with E-state index in [9.17, 15) is 13.9 Å². The fourth-order valence-corrected chi connectivity index (χ4v) is 2.10. The van der Waals surface area contributed by atoms with Crippen molar-refractivity contribution in [3.05, 3.63) is 33.8 Å². The van der Waals surface area contributed by atoms with E-state index in [-0.39, 0.29) is 16.6 Å². The van der Waals surface area contributed by atoms with Crippen molar-refractivity contribution < 1.29 is 13.9 Å². The van der Waals surface area contributed by atoms with Crippen LogP contribution in [-0.4, -0.2) is 17.8 Å². The topological polar surface area (TPSA) is 32.3 Å². The molecule has 0 bridgehead atoms. The molecular weight excluding hydrogens is 292 g/mol. The first kappa shape index (κ1) is 12.9. The number of rotatable bonds is 5. The summed E-state index contributed by atoms with van der Waals surface area (Å²) in [5, 5.41) is 12.5. The number of aliphatic hydroxyl groups is 1. The Morgan fingerprint density at radius 3 is 2.76 bits per heavy atom. The maximum absolute atomic E-state index is 13.6. The van der Waals surface area contributed by atoms with E-state index < -0.39 is 17.7 Å². The summed E-state index contributed by atoms with van der Waals surface area (Å²) in [7, 11) is 0. The quantitative estimate of drug-likeness (QED) is 0.820. The maximum Gasteiger partial charge on any atom is 0.144 e. The lowest BCUT2D eigenvalue weighted by Crippen LogP contribution is -2.28. The first-order valence-electron chi connectivity index (χ1n) is 5.60. The molecule has 5 heteroatoms. The Labute approximate surface area is 107 Å². The van der Waals surface area contributed by atoms with Crippen LogP contribution in [0.2, 0.25) is 0 Å². The van der Waals surface area contributed by atoms with Gasteiger partial charge in [-0.3, -0.25) is 0 Å². The van der Waals surface area contributed by atoms with Crippen molar-refractivity contribution in [2.75, 3.05) is 6.54 Å². The van der Waals surface area contributed by atoms with Gasteiger partial charge < -0.3 is 10.4 Å². The summed E-state index contributed by atoms with van der Waals surface area (Å²) in [5.74, 6) is -0.794. The van der Waals surface area contributed by atoms with Crippen LogP contribution in [0.15, 0.2) is 16.6 Å². The van der Waals surface area contributed by atoms with Crippen LogP contribution < -0.4 is 5.32 Å². The van der Waals surface area contributed by atoms with Crippen molar-refractivity contribution in [2.24, 2.45) is 5.92 Å². The first-order valence-corrected chi connectivity index (χ1v) is 6.40. The molecular formula is C12H14BrF2NO. The molecule has 1 unspecified atom stereocenters. The molecule has 1 atom stereocenters. The maximum atomic E-state index is 13.6. The fraction of sp³-hybridized carbons (Fsp3) is 0.500. The molecule has 2 rings (SSSR count). The van der Waals surface area contributed by atoms with Crippen LogP contribution in [0.4, 0.5) is 8.78 Å². The van der Waals surface area contributed by atoms with E-state index in [1.807, 2.05) is 0 Å². The molecule has 0 aliphatic heterocycles. The average Bonchev–Trinajstić information content (AvgIpc) is 3.12. The van der Waals surface area contributed by atoms with Gasteiger partial charge in [-0.25, -0.2) is 8.78 Å². The summed E-state index contributed by atoms with van der Waals surface area (Å²) >= 11 is 3.02. The molecule has 1 aliphatic carbocycles. The van der Waals surface area contributed by atoms with E-state index in [0.29, 0.717) is 12.5 Å². The standard InChI is InChI=1S/C12H14BrF2NO/c13-9-3-4-10(14)8(12(9)15)5-16-6-11(17)7-1-2-7/h3-4,7,11,16-17H,1-2,5-6H2. The van der Waals surface area contributed by atoms with E-state index in [0.717, 1.165) is 12.8 Å². The third-order valence-electron chi connectivity index (χ3n) is 2.96. The normalized spacial score (nSPS) is 17.2. The highest BCUT2D eigenvalue weighted by Gasteiger charge is 2.29. The van der Waals surface area contributed by atoms with E-state index in [1.165, 1.54) is 12.1 Å². The van der Waals surface area contributed by atoms with Gasteiger partial charge in [-0.15, -0.1) is 0 Å². The lowest BCUT2D eigenvalue weighted by molar-refractivity contribution is 0.148. The van der Waals surface area contributed by atoms with Gasteiger partial charge in [0.05, 0.1) is 10.6 Å². The smallest absolute Gasteiger partial charge is 0.144 e. The van der Waals surface area contributed by atoms with Crippen LogP contribution in [0.1, 0.15) is 18.4 Å². The predicted octanol–water partition coefficient (Wildman–Crippen LogP) is 2.59. The van der Waals surface area contributed by atoms with Crippen LogP contribution in [-0.2, 0) is 6.54 Å². The minimum Gasteiger partial charge on any atom is -0.392 e. The third kappa shape index (κ3) is 3.24. The van der Waals surface area contributed by atoms with Gasteiger partial charge in [0.2, 0.25) is 0 Å². The van der Waals surface area contributed by atoms with Crippen LogP contribution in [0.5, 0.6) is 0 Å². The fourth-order valence-electron chi connectivity index (χ4n) is 1.72. The monoisotopic (exact) mass is 305 g/mol. The van der Waals surface area contributed by atoms with Crippen molar-refractivity contribution in [3.63, 3.8) is 0 Å². The van der Waals surface area contributed by atoms with Crippen molar-refractivity contribution in [3.8, 4) is 0 Å². The van der Waals surface area contributed by atoms with Crippen LogP contribution in [0.3, 0.4) is 0 Å². The highest BCUT2D eigenvalue weighted by atomic mass is 79.9. The average molecular weight is 306 g/mol. The van der Waals surface area contributed by atoms with Crippen molar-refractivity contribution >= 4 is 15.9 Å². The summed E-state index contributed by atoms with van der Waals surface area (Å²) in [6.07, 6.45) is 1.68. The minimum atomic E-state index is -0.585. The van der Waals surface area contributed by atoms with Gasteiger partial charge in [0.15, 0.2) is 0 Å². The summed E-state index contributed by atoms with van der Waals surface area (Å²) in [6.45, 7) is 0.455. The van der Waals surface area contributed by atoms with Crippen molar-refractivity contribution in [1.82, 2.24) is 5.32 Å². The van der Waals surface area contributed by atoms with E-state index in [1.54, 1.807) is 0 Å². The Bertz CT molecular complexity index is 410. The van der Waals surface area contributed by atoms with Gasteiger partial charge in [-0.05, 0) is 46.8 Å². The third-order valence-corrected chi connectivity index (χ3v) is 3.57. The van der Waals surface area contributed by atoms with Gasteiger partial charge in [0, 0.05) is 18.7 Å². The molecule has 1 aromatic carbocycles. The number of benzene rings is 1. The number of aliphatic hydroxyl groups excluding tert-OH is 1. The molecule has 0 amide bonds. The van der Waals surface area contributed by atoms with Gasteiger partial charge in [0.1, 0.15) is 11.6 Å². The molecule has 0 radical (unpaired) electrons. The molecule has 0 saturated heterocycles. The zero-order valence-electron chi connectivity index (χ0n) is 9.22. The molecule has 94 valence electrons. The summed E-state index contributed by atoms with van der Waals surface area (Å²) in [5.41, 5.74) is 0.00220. The number of hydrogen-bond acceptors (Lipinski definition) is 2. The number of hydrogen-bond donors (Lipinski definition) is 2. The van der Waals surface area contributed by atoms with Crippen LogP contribution in [0.25, 0.3) is 0 Å². The Morgan fingerprint density at radius 1 is 1.41 bits per heavy atom. The highest BCUT2D eigenvalue weighted by molar-refractivity contribution is 9.10. The Kier molecular flexibility index (Phi) is 4.12. The number of nitrogens with one attached hydrogen (secondary N) is 1. The molecule has 2 N–H and O–H groups in total. The van der Waals surface area contributed by atoms with Crippen LogP contribution in [0, 0.1) is 17.6 Å². The zero-order chi connectivity index (χ0) is 12.4. The van der Waals surface area contributed by atoms with Crippen molar-refractivity contribution in [1.29, 1.82) is 0 Å². The molecule has 1 aliphatic rings. The minimum absolute atomic E-state index is 0.00220. The Morgan fingerprint density at radius 2 is 2.12 bits per heavy atom. The molecule has 1 saturated carbocycles. The SMILES string of the molecule is OC(CNCc1c(F)ccc(Br)c1F)C1CC1. The van der Waals surface area contributed by atoms with Crippen LogP contribution >= 0.6 is 15.9 Å². The molecule has 0 spiro atoms. The molecule has 2 nitrogen and oxygen atoms in total. The molecule has 17 heavy (non-hydrogen) atoms. The molecule has 0 aromatic heterocycles. The predicted molar refractivity (Wildman–Crippen MR) is 64.5 cm³/mol. The molecule has 1 fully saturated rings. The van der Waals surface area contributed by atoms with Gasteiger partial charge >= 0.3 is 0 Å². The van der Waals surface area contributed by atoms with E-state index in [4.69, 9.17) is 0 Å². The highest BCUT2D eigenvalue weighted by Crippen LogP contribution is 2.32. The zero-order valence-corrected chi connectivity index (χ0v) is 10.8. The summed E-state index contributed by atoms with van der Waals surface area (Å²) < 4.78 is 27.2. The molecule has 0 heterocycles. The van der Waals surface area contributed by atoms with E-state index in [2.05, 4.69) is 21.2 Å². The van der Waals surface area contributed by atoms with Crippen molar-refractivity contribution in [2.45, 2.75) is 25.5 Å². The summed E-state index contributed by atoms with van der Waals surface area (Å²) in [4.78, 5) is 0. The second-order valence-electron chi connectivity index (χ2n) is 4.36. The Hall–Kier alpha value is -0.520.